The van der Waals surface area contributed by atoms with Crippen molar-refractivity contribution in [2.24, 2.45) is 0 Å². The number of carbonyl (C=O) groups excluding carboxylic acids is 2. The van der Waals surface area contributed by atoms with Crippen LogP contribution in [0.2, 0.25) is 10.0 Å². The lowest BCUT2D eigenvalue weighted by Gasteiger charge is -2.33. The molecule has 0 fully saturated rings. The van der Waals surface area contributed by atoms with Crippen molar-refractivity contribution < 1.29 is 18.0 Å². The first-order valence-corrected chi connectivity index (χ1v) is 17.1. The average molecular weight is 651 g/mol. The molecule has 42 heavy (non-hydrogen) atoms. The second-order valence-electron chi connectivity index (χ2n) is 10.0. The van der Waals surface area contributed by atoms with Crippen LogP contribution in [0.25, 0.3) is 0 Å². The molecular formula is C31H37Cl2N3O4S2. The van der Waals surface area contributed by atoms with Crippen LogP contribution in [-0.4, -0.2) is 50.0 Å². The van der Waals surface area contributed by atoms with Gasteiger partial charge in [-0.05, 0) is 87.0 Å². The van der Waals surface area contributed by atoms with Crippen LogP contribution >= 0.6 is 35.0 Å². The van der Waals surface area contributed by atoms with E-state index in [0.29, 0.717) is 27.7 Å². The van der Waals surface area contributed by atoms with Crippen LogP contribution < -0.4 is 9.62 Å². The van der Waals surface area contributed by atoms with E-state index in [9.17, 15) is 18.0 Å². The van der Waals surface area contributed by atoms with Crippen LogP contribution in [0.3, 0.4) is 0 Å². The zero-order valence-corrected chi connectivity index (χ0v) is 27.6. The summed E-state index contributed by atoms with van der Waals surface area (Å²) in [6, 6.07) is 17.5. The Balaban J connectivity index is 2.07. The molecule has 11 heteroatoms. The number of sulfonamides is 1. The van der Waals surface area contributed by atoms with E-state index in [4.69, 9.17) is 23.2 Å². The Morgan fingerprint density at radius 2 is 1.57 bits per heavy atom. The van der Waals surface area contributed by atoms with Crippen molar-refractivity contribution in [3.05, 3.63) is 87.9 Å². The molecule has 0 saturated heterocycles. The van der Waals surface area contributed by atoms with Crippen molar-refractivity contribution in [1.29, 1.82) is 0 Å². The van der Waals surface area contributed by atoms with Crippen LogP contribution in [0.1, 0.15) is 44.7 Å². The summed E-state index contributed by atoms with van der Waals surface area (Å²) >= 11 is 13.9. The van der Waals surface area contributed by atoms with Gasteiger partial charge in [0.2, 0.25) is 11.8 Å². The van der Waals surface area contributed by atoms with Crippen LogP contribution in [0.15, 0.2) is 76.5 Å². The van der Waals surface area contributed by atoms with Gasteiger partial charge < -0.3 is 10.2 Å². The lowest BCUT2D eigenvalue weighted by Crippen LogP contribution is -2.53. The molecule has 0 aliphatic rings. The number of halogens is 2. The summed E-state index contributed by atoms with van der Waals surface area (Å²) in [5.74, 6) is -0.838. The molecule has 0 aliphatic heterocycles. The van der Waals surface area contributed by atoms with Crippen molar-refractivity contribution in [3.63, 3.8) is 0 Å². The fourth-order valence-corrected chi connectivity index (χ4v) is 6.45. The molecule has 0 radical (unpaired) electrons. The average Bonchev–Trinajstić information content (AvgIpc) is 2.97. The predicted molar refractivity (Wildman–Crippen MR) is 173 cm³/mol. The normalized spacial score (nSPS) is 12.8. The lowest BCUT2D eigenvalue weighted by molar-refractivity contribution is -0.140. The van der Waals surface area contributed by atoms with E-state index < -0.39 is 28.5 Å². The van der Waals surface area contributed by atoms with E-state index in [1.54, 1.807) is 54.6 Å². The number of rotatable bonds is 13. The molecule has 0 spiro atoms. The second kappa shape index (κ2) is 15.1. The molecular weight excluding hydrogens is 613 g/mol. The maximum absolute atomic E-state index is 14.2. The lowest BCUT2D eigenvalue weighted by atomic mass is 10.1. The van der Waals surface area contributed by atoms with Gasteiger partial charge in [0.15, 0.2) is 0 Å². The van der Waals surface area contributed by atoms with Gasteiger partial charge in [-0.15, -0.1) is 11.8 Å². The number of benzene rings is 3. The second-order valence-corrected chi connectivity index (χ2v) is 13.6. The zero-order valence-electron chi connectivity index (χ0n) is 24.4. The van der Waals surface area contributed by atoms with E-state index in [2.05, 4.69) is 5.32 Å². The van der Waals surface area contributed by atoms with Crippen molar-refractivity contribution in [2.45, 2.75) is 69.0 Å². The number of amides is 2. The van der Waals surface area contributed by atoms with Crippen LogP contribution in [-0.2, 0) is 26.2 Å². The van der Waals surface area contributed by atoms with Gasteiger partial charge in [0.05, 0.1) is 20.6 Å². The standard InChI is InChI=1S/C31H37Cl2N3O4S2/c1-6-22(4)34-31(38)29(7-2)35(19-23-10-17-27(32)28(33)18-23)30(37)20-36(24-11-8-21(3)9-12-24)42(39,40)26-15-13-25(41-5)14-16-26/h8-18,22,29H,6-7,19-20H2,1-5H3,(H,34,38)/t22-,29+/m0/s1. The molecule has 1 N–H and O–H groups in total. The van der Waals surface area contributed by atoms with Gasteiger partial charge in [-0.25, -0.2) is 8.42 Å². The zero-order chi connectivity index (χ0) is 31.0. The largest absolute Gasteiger partial charge is 0.352 e. The Kier molecular flexibility index (Phi) is 12.2. The highest BCUT2D eigenvalue weighted by atomic mass is 35.5. The summed E-state index contributed by atoms with van der Waals surface area (Å²) in [5, 5.41) is 3.65. The third-order valence-corrected chi connectivity index (χ3v) is 10.2. The number of thioether (sulfide) groups is 1. The van der Waals surface area contributed by atoms with Crippen molar-refractivity contribution >= 4 is 62.5 Å². The van der Waals surface area contributed by atoms with E-state index in [1.807, 2.05) is 34.0 Å². The maximum Gasteiger partial charge on any atom is 0.264 e. The Bertz CT molecular complexity index is 1480. The molecule has 3 aromatic rings. The van der Waals surface area contributed by atoms with Gasteiger partial charge >= 0.3 is 0 Å². The highest BCUT2D eigenvalue weighted by Gasteiger charge is 2.34. The number of hydrogen-bond donors (Lipinski definition) is 1. The highest BCUT2D eigenvalue weighted by Crippen LogP contribution is 2.28. The first-order valence-electron chi connectivity index (χ1n) is 13.7. The van der Waals surface area contributed by atoms with Crippen LogP contribution in [0.4, 0.5) is 5.69 Å². The number of nitrogens with one attached hydrogen (secondary N) is 1. The topological polar surface area (TPSA) is 86.8 Å². The Morgan fingerprint density at radius 1 is 0.929 bits per heavy atom. The smallest absolute Gasteiger partial charge is 0.264 e. The molecule has 226 valence electrons. The minimum Gasteiger partial charge on any atom is -0.352 e. The number of hydrogen-bond acceptors (Lipinski definition) is 5. The van der Waals surface area contributed by atoms with Gasteiger partial charge in [0, 0.05) is 17.5 Å². The molecule has 0 saturated carbocycles. The van der Waals surface area contributed by atoms with E-state index >= 15 is 0 Å². The summed E-state index contributed by atoms with van der Waals surface area (Å²) in [6.45, 7) is 7.09. The molecule has 7 nitrogen and oxygen atoms in total. The molecule has 3 aromatic carbocycles. The van der Waals surface area contributed by atoms with Gasteiger partial charge in [0.25, 0.3) is 10.0 Å². The minimum atomic E-state index is -4.14. The quantitative estimate of drug-likeness (QED) is 0.203. The fourth-order valence-electron chi connectivity index (χ4n) is 4.31. The molecule has 3 rings (SSSR count). The summed E-state index contributed by atoms with van der Waals surface area (Å²) in [6.07, 6.45) is 2.95. The van der Waals surface area contributed by atoms with Gasteiger partial charge in [-0.1, -0.05) is 60.8 Å². The molecule has 0 bridgehead atoms. The maximum atomic E-state index is 14.2. The fraction of sp³-hybridized carbons (Fsp3) is 0.355. The monoisotopic (exact) mass is 649 g/mol. The summed E-state index contributed by atoms with van der Waals surface area (Å²) in [7, 11) is -4.14. The number of aryl methyl sites for hydroxylation is 1. The highest BCUT2D eigenvalue weighted by molar-refractivity contribution is 7.98. The Hall–Kier alpha value is -2.72. The molecule has 2 atom stereocenters. The molecule has 0 aromatic heterocycles. The van der Waals surface area contributed by atoms with Gasteiger partial charge in [-0.2, -0.15) is 0 Å². The predicted octanol–water partition coefficient (Wildman–Crippen LogP) is 6.94. The summed E-state index contributed by atoms with van der Waals surface area (Å²) < 4.78 is 29.1. The van der Waals surface area contributed by atoms with E-state index in [0.717, 1.165) is 21.2 Å². The van der Waals surface area contributed by atoms with Crippen LogP contribution in [0.5, 0.6) is 0 Å². The van der Waals surface area contributed by atoms with E-state index in [-0.39, 0.29) is 23.4 Å². The summed E-state index contributed by atoms with van der Waals surface area (Å²) in [4.78, 5) is 30.0. The number of nitrogens with zero attached hydrogens (tertiary/aromatic N) is 2. The first kappa shape index (κ1) is 33.8. The molecule has 0 heterocycles. The summed E-state index contributed by atoms with van der Waals surface area (Å²) in [5.41, 5.74) is 1.94. The van der Waals surface area contributed by atoms with E-state index in [1.165, 1.54) is 28.8 Å². The van der Waals surface area contributed by atoms with Crippen molar-refractivity contribution in [1.82, 2.24) is 10.2 Å². The minimum absolute atomic E-state index is 0.0341. The molecule has 0 unspecified atom stereocenters. The third kappa shape index (κ3) is 8.43. The number of anilines is 1. The Morgan fingerprint density at radius 3 is 2.12 bits per heavy atom. The van der Waals surface area contributed by atoms with Gasteiger partial charge in [-0.3, -0.25) is 13.9 Å². The van der Waals surface area contributed by atoms with Gasteiger partial charge in [0.1, 0.15) is 12.6 Å². The first-order chi connectivity index (χ1) is 19.9. The van der Waals surface area contributed by atoms with Crippen LogP contribution in [0, 0.1) is 6.92 Å². The van der Waals surface area contributed by atoms with Crippen molar-refractivity contribution in [3.8, 4) is 0 Å². The Labute approximate surface area is 263 Å². The SMILES string of the molecule is CC[C@H](C(=O)N[C@@H](C)CC)N(Cc1ccc(Cl)c(Cl)c1)C(=O)CN(c1ccc(C)cc1)S(=O)(=O)c1ccc(SC)cc1. The third-order valence-electron chi connectivity index (χ3n) is 6.97. The van der Waals surface area contributed by atoms with Crippen molar-refractivity contribution in [2.75, 3.05) is 17.1 Å². The molecule has 2 amide bonds. The molecule has 0 aliphatic carbocycles. The number of carbonyl (C=O) groups is 2.